The molecule has 2 aromatic heterocycles. The van der Waals surface area contributed by atoms with Gasteiger partial charge in [0.2, 0.25) is 0 Å². The first-order valence-electron chi connectivity index (χ1n) is 6.58. The molecule has 0 saturated carbocycles. The summed E-state index contributed by atoms with van der Waals surface area (Å²) in [6.45, 7) is 0. The van der Waals surface area contributed by atoms with Gasteiger partial charge in [0.1, 0.15) is 10.8 Å². The Morgan fingerprint density at radius 1 is 1.23 bits per heavy atom. The van der Waals surface area contributed by atoms with Gasteiger partial charge in [-0.25, -0.2) is 9.97 Å². The lowest BCUT2D eigenvalue weighted by atomic mass is 10.2. The summed E-state index contributed by atoms with van der Waals surface area (Å²) in [6.07, 6.45) is 1.66. The Labute approximate surface area is 142 Å². The predicted octanol–water partition coefficient (Wildman–Crippen LogP) is 5.16. The number of aromatic nitrogens is 2. The maximum absolute atomic E-state index is 5.83. The van der Waals surface area contributed by atoms with Crippen molar-refractivity contribution in [3.8, 4) is 16.3 Å². The molecule has 0 aliphatic rings. The summed E-state index contributed by atoms with van der Waals surface area (Å²) in [6, 6.07) is 11.7. The SMILES string of the molecule is COc1ccccc1-c1nc(CSc2ccc(Cl)cn2)cs1. The smallest absolute Gasteiger partial charge is 0.129 e. The number of halogens is 1. The lowest BCUT2D eigenvalue weighted by Gasteiger charge is -2.04. The van der Waals surface area contributed by atoms with E-state index in [4.69, 9.17) is 16.3 Å². The van der Waals surface area contributed by atoms with Crippen LogP contribution in [0.1, 0.15) is 5.69 Å². The van der Waals surface area contributed by atoms with E-state index in [1.165, 1.54) is 0 Å². The van der Waals surface area contributed by atoms with E-state index in [-0.39, 0.29) is 0 Å². The summed E-state index contributed by atoms with van der Waals surface area (Å²) in [4.78, 5) is 8.96. The van der Waals surface area contributed by atoms with E-state index in [9.17, 15) is 0 Å². The molecule has 0 saturated heterocycles. The fourth-order valence-corrected chi connectivity index (χ4v) is 3.72. The maximum atomic E-state index is 5.83. The third kappa shape index (κ3) is 3.61. The average molecular weight is 349 g/mol. The number of rotatable bonds is 5. The minimum Gasteiger partial charge on any atom is -0.496 e. The minimum absolute atomic E-state index is 0.650. The number of thiazole rings is 1. The van der Waals surface area contributed by atoms with E-state index < -0.39 is 0 Å². The van der Waals surface area contributed by atoms with Crippen molar-refractivity contribution in [3.63, 3.8) is 0 Å². The van der Waals surface area contributed by atoms with Gasteiger partial charge in [0.05, 0.1) is 28.4 Å². The molecular weight excluding hydrogens is 336 g/mol. The van der Waals surface area contributed by atoms with E-state index in [2.05, 4.69) is 15.3 Å². The molecular formula is C16H13ClN2OS2. The first kappa shape index (κ1) is 15.3. The summed E-state index contributed by atoms with van der Waals surface area (Å²) < 4.78 is 5.39. The predicted molar refractivity (Wildman–Crippen MR) is 92.9 cm³/mol. The molecule has 0 unspecified atom stereocenters. The Kier molecular flexibility index (Phi) is 4.97. The van der Waals surface area contributed by atoms with Crippen molar-refractivity contribution >= 4 is 34.7 Å². The molecule has 0 bridgehead atoms. The third-order valence-electron chi connectivity index (χ3n) is 2.96. The van der Waals surface area contributed by atoms with E-state index in [0.717, 1.165) is 32.8 Å². The number of methoxy groups -OCH3 is 1. The van der Waals surface area contributed by atoms with Gasteiger partial charge in [0.15, 0.2) is 0 Å². The summed E-state index contributed by atoms with van der Waals surface area (Å²) >= 11 is 9.10. The third-order valence-corrected chi connectivity index (χ3v) is 5.08. The normalized spacial score (nSPS) is 10.6. The summed E-state index contributed by atoms with van der Waals surface area (Å²) in [7, 11) is 1.68. The van der Waals surface area contributed by atoms with Crippen molar-refractivity contribution in [1.82, 2.24) is 9.97 Å². The molecule has 0 atom stereocenters. The zero-order valence-electron chi connectivity index (χ0n) is 11.8. The molecule has 0 amide bonds. The lowest BCUT2D eigenvalue weighted by Crippen LogP contribution is -1.88. The van der Waals surface area contributed by atoms with Crippen LogP contribution in [0.4, 0.5) is 0 Å². The van der Waals surface area contributed by atoms with Crippen LogP contribution in [-0.4, -0.2) is 17.1 Å². The van der Waals surface area contributed by atoms with Crippen LogP contribution in [0, 0.1) is 0 Å². The summed E-state index contributed by atoms with van der Waals surface area (Å²) in [5, 5.41) is 4.63. The van der Waals surface area contributed by atoms with Gasteiger partial charge in [-0.05, 0) is 24.3 Å². The van der Waals surface area contributed by atoms with Crippen molar-refractivity contribution in [3.05, 3.63) is 58.7 Å². The average Bonchev–Trinajstić information content (AvgIpc) is 3.03. The van der Waals surface area contributed by atoms with Gasteiger partial charge in [0.25, 0.3) is 0 Å². The van der Waals surface area contributed by atoms with Crippen LogP contribution in [0.5, 0.6) is 5.75 Å². The first-order chi connectivity index (χ1) is 10.8. The van der Waals surface area contributed by atoms with Crippen LogP contribution in [0.2, 0.25) is 5.02 Å². The standard InChI is InChI=1S/C16H13ClN2OS2/c1-20-14-5-3-2-4-13(14)16-19-12(10-22-16)9-21-15-7-6-11(17)8-18-15/h2-8,10H,9H2,1H3. The highest BCUT2D eigenvalue weighted by Crippen LogP contribution is 2.33. The van der Waals surface area contributed by atoms with Crippen molar-refractivity contribution in [2.24, 2.45) is 0 Å². The van der Waals surface area contributed by atoms with E-state index >= 15 is 0 Å². The van der Waals surface area contributed by atoms with Crippen molar-refractivity contribution in [2.75, 3.05) is 7.11 Å². The Bertz CT molecular complexity index is 759. The fraction of sp³-hybridized carbons (Fsp3) is 0.125. The molecule has 2 heterocycles. The van der Waals surface area contributed by atoms with Crippen LogP contribution >= 0.6 is 34.7 Å². The Balaban J connectivity index is 1.72. The molecule has 0 radical (unpaired) electrons. The molecule has 22 heavy (non-hydrogen) atoms. The van der Waals surface area contributed by atoms with Gasteiger partial charge < -0.3 is 4.74 Å². The second-order valence-corrected chi connectivity index (χ2v) is 6.74. The van der Waals surface area contributed by atoms with Crippen LogP contribution < -0.4 is 4.74 Å². The van der Waals surface area contributed by atoms with E-state index in [1.54, 1.807) is 36.4 Å². The number of hydrogen-bond donors (Lipinski definition) is 0. The molecule has 0 fully saturated rings. The molecule has 0 aliphatic heterocycles. The van der Waals surface area contributed by atoms with Gasteiger partial charge in [-0.15, -0.1) is 23.1 Å². The van der Waals surface area contributed by atoms with E-state index in [1.807, 2.05) is 36.4 Å². The Hall–Kier alpha value is -1.56. The summed E-state index contributed by atoms with van der Waals surface area (Å²) in [5.41, 5.74) is 2.06. The van der Waals surface area contributed by atoms with Crippen LogP contribution in [-0.2, 0) is 5.75 Å². The van der Waals surface area contributed by atoms with Gasteiger partial charge in [-0.1, -0.05) is 23.7 Å². The number of hydrogen-bond acceptors (Lipinski definition) is 5. The molecule has 1 aromatic carbocycles. The van der Waals surface area contributed by atoms with Crippen LogP contribution in [0.15, 0.2) is 53.0 Å². The number of nitrogens with zero attached hydrogens (tertiary/aromatic N) is 2. The van der Waals surface area contributed by atoms with Gasteiger partial charge in [-0.2, -0.15) is 0 Å². The fourth-order valence-electron chi connectivity index (χ4n) is 1.91. The van der Waals surface area contributed by atoms with Crippen molar-refractivity contribution in [2.45, 2.75) is 10.8 Å². The molecule has 3 rings (SSSR count). The van der Waals surface area contributed by atoms with Crippen LogP contribution in [0.25, 0.3) is 10.6 Å². The molecule has 112 valence electrons. The highest BCUT2D eigenvalue weighted by molar-refractivity contribution is 7.98. The molecule has 3 nitrogen and oxygen atoms in total. The molecule has 3 aromatic rings. The molecule has 0 spiro atoms. The van der Waals surface area contributed by atoms with Crippen molar-refractivity contribution < 1.29 is 4.74 Å². The van der Waals surface area contributed by atoms with E-state index in [0.29, 0.717) is 5.02 Å². The number of thioether (sulfide) groups is 1. The van der Waals surface area contributed by atoms with Gasteiger partial charge >= 0.3 is 0 Å². The van der Waals surface area contributed by atoms with Gasteiger partial charge in [0, 0.05) is 17.3 Å². The second kappa shape index (κ2) is 7.13. The maximum Gasteiger partial charge on any atom is 0.129 e. The number of benzene rings is 1. The number of ether oxygens (including phenoxy) is 1. The van der Waals surface area contributed by atoms with Crippen molar-refractivity contribution in [1.29, 1.82) is 0 Å². The summed E-state index contributed by atoms with van der Waals surface area (Å²) in [5.74, 6) is 1.62. The molecule has 6 heteroatoms. The highest BCUT2D eigenvalue weighted by atomic mass is 35.5. The second-order valence-electron chi connectivity index (χ2n) is 4.45. The quantitative estimate of drug-likeness (QED) is 0.596. The zero-order valence-corrected chi connectivity index (χ0v) is 14.2. The molecule has 0 aliphatic carbocycles. The number of para-hydroxylation sites is 1. The highest BCUT2D eigenvalue weighted by Gasteiger charge is 2.10. The molecule has 0 N–H and O–H groups in total. The topological polar surface area (TPSA) is 35.0 Å². The monoisotopic (exact) mass is 348 g/mol. The van der Waals surface area contributed by atoms with Crippen LogP contribution in [0.3, 0.4) is 0 Å². The van der Waals surface area contributed by atoms with Gasteiger partial charge in [-0.3, -0.25) is 0 Å². The Morgan fingerprint density at radius 2 is 2.09 bits per heavy atom. The zero-order chi connectivity index (χ0) is 15.4. The number of pyridine rings is 1. The first-order valence-corrected chi connectivity index (χ1v) is 8.83. The lowest BCUT2D eigenvalue weighted by molar-refractivity contribution is 0.416. The Morgan fingerprint density at radius 3 is 2.86 bits per heavy atom. The largest absolute Gasteiger partial charge is 0.496 e. The minimum atomic E-state index is 0.650.